The van der Waals surface area contributed by atoms with E-state index in [0.717, 1.165) is 12.1 Å². The molecular weight excluding hydrogens is 234 g/mol. The summed E-state index contributed by atoms with van der Waals surface area (Å²) in [5.74, 6) is 0.294. The van der Waals surface area contributed by atoms with Crippen LogP contribution in [0.3, 0.4) is 0 Å². The standard InChI is InChI=1S/C13H19NO2S/c1-4-13(2,3)16-12(15)14(10-17)11-8-6-5-7-9-11/h5-9,17H,4,10H2,1-3H3. The fraction of sp³-hybridized carbons (Fsp3) is 0.462. The maximum Gasteiger partial charge on any atom is 0.415 e. The lowest BCUT2D eigenvalue weighted by atomic mass is 10.1. The van der Waals surface area contributed by atoms with Crippen molar-refractivity contribution in [2.24, 2.45) is 0 Å². The molecule has 0 bridgehead atoms. The molecule has 0 saturated heterocycles. The highest BCUT2D eigenvalue weighted by Crippen LogP contribution is 2.20. The zero-order valence-corrected chi connectivity index (χ0v) is 11.4. The molecule has 0 aliphatic heterocycles. The number of rotatable bonds is 4. The minimum atomic E-state index is -0.451. The zero-order chi connectivity index (χ0) is 12.9. The van der Waals surface area contributed by atoms with Crippen molar-refractivity contribution in [1.29, 1.82) is 0 Å². The van der Waals surface area contributed by atoms with Crippen LogP contribution in [-0.4, -0.2) is 17.6 Å². The number of nitrogens with zero attached hydrogens (tertiary/aromatic N) is 1. The number of anilines is 1. The molecule has 1 aromatic rings. The molecule has 0 aliphatic carbocycles. The van der Waals surface area contributed by atoms with Crippen molar-refractivity contribution in [3.05, 3.63) is 30.3 Å². The first-order valence-corrected chi connectivity index (χ1v) is 6.30. The molecule has 0 heterocycles. The molecule has 0 radical (unpaired) electrons. The van der Waals surface area contributed by atoms with E-state index in [-0.39, 0.29) is 6.09 Å². The van der Waals surface area contributed by atoms with Crippen LogP contribution in [0.25, 0.3) is 0 Å². The SMILES string of the molecule is CCC(C)(C)OC(=O)N(CS)c1ccccc1. The highest BCUT2D eigenvalue weighted by Gasteiger charge is 2.24. The van der Waals surface area contributed by atoms with Crippen molar-refractivity contribution < 1.29 is 9.53 Å². The number of hydrogen-bond acceptors (Lipinski definition) is 3. The average molecular weight is 253 g/mol. The summed E-state index contributed by atoms with van der Waals surface area (Å²) in [5.41, 5.74) is 0.340. The van der Waals surface area contributed by atoms with E-state index >= 15 is 0 Å². The third kappa shape index (κ3) is 3.97. The highest BCUT2D eigenvalue weighted by atomic mass is 32.1. The molecule has 17 heavy (non-hydrogen) atoms. The lowest BCUT2D eigenvalue weighted by molar-refractivity contribution is 0.0418. The second-order valence-corrected chi connectivity index (χ2v) is 4.67. The Morgan fingerprint density at radius 1 is 1.35 bits per heavy atom. The molecule has 94 valence electrons. The van der Waals surface area contributed by atoms with Gasteiger partial charge in [-0.3, -0.25) is 4.90 Å². The molecule has 0 spiro atoms. The molecule has 1 amide bonds. The van der Waals surface area contributed by atoms with Gasteiger partial charge in [0.05, 0.1) is 5.88 Å². The lowest BCUT2D eigenvalue weighted by Gasteiger charge is -2.28. The molecule has 1 aromatic carbocycles. The van der Waals surface area contributed by atoms with Crippen LogP contribution in [0.4, 0.5) is 10.5 Å². The summed E-state index contributed by atoms with van der Waals surface area (Å²) < 4.78 is 5.43. The smallest absolute Gasteiger partial charge is 0.415 e. The molecule has 4 heteroatoms. The van der Waals surface area contributed by atoms with E-state index in [1.54, 1.807) is 0 Å². The molecule has 1 rings (SSSR count). The molecule has 0 aliphatic rings. The van der Waals surface area contributed by atoms with Gasteiger partial charge in [0.15, 0.2) is 0 Å². The van der Waals surface area contributed by atoms with Gasteiger partial charge in [0.2, 0.25) is 0 Å². The van der Waals surface area contributed by atoms with Gasteiger partial charge in [0.25, 0.3) is 0 Å². The Kier molecular flexibility index (Phi) is 4.87. The number of carbonyl (C=O) groups is 1. The average Bonchev–Trinajstić information content (AvgIpc) is 2.31. The Balaban J connectivity index is 2.79. The van der Waals surface area contributed by atoms with E-state index in [0.29, 0.717) is 5.88 Å². The number of para-hydroxylation sites is 1. The number of carbonyl (C=O) groups excluding carboxylic acids is 1. The zero-order valence-electron chi connectivity index (χ0n) is 10.5. The highest BCUT2D eigenvalue weighted by molar-refractivity contribution is 7.80. The first-order chi connectivity index (χ1) is 8.00. The van der Waals surface area contributed by atoms with Crippen molar-refractivity contribution in [3.63, 3.8) is 0 Å². The van der Waals surface area contributed by atoms with Gasteiger partial charge in [0.1, 0.15) is 5.60 Å². The van der Waals surface area contributed by atoms with Gasteiger partial charge in [-0.15, -0.1) is 0 Å². The van der Waals surface area contributed by atoms with E-state index in [4.69, 9.17) is 4.74 Å². The summed E-state index contributed by atoms with van der Waals surface area (Å²) in [4.78, 5) is 13.5. The molecule has 3 nitrogen and oxygen atoms in total. The molecule has 0 N–H and O–H groups in total. The molecular formula is C13H19NO2S. The van der Waals surface area contributed by atoms with Gasteiger partial charge in [-0.1, -0.05) is 25.1 Å². The van der Waals surface area contributed by atoms with E-state index in [9.17, 15) is 4.79 Å². The molecule has 0 atom stereocenters. The third-order valence-electron chi connectivity index (χ3n) is 2.64. The van der Waals surface area contributed by atoms with Crippen LogP contribution in [0.2, 0.25) is 0 Å². The van der Waals surface area contributed by atoms with Gasteiger partial charge in [-0.25, -0.2) is 4.79 Å². The summed E-state index contributed by atoms with van der Waals surface area (Å²) in [6.07, 6.45) is 0.409. The minimum absolute atomic E-state index is 0.294. The Labute approximate surface area is 108 Å². The fourth-order valence-corrected chi connectivity index (χ4v) is 1.50. The molecule has 0 saturated carbocycles. The largest absolute Gasteiger partial charge is 0.443 e. The summed E-state index contributed by atoms with van der Waals surface area (Å²) in [5, 5.41) is 0. The predicted octanol–water partition coefficient (Wildman–Crippen LogP) is 3.71. The second-order valence-electron chi connectivity index (χ2n) is 4.39. The van der Waals surface area contributed by atoms with Gasteiger partial charge >= 0.3 is 6.09 Å². The van der Waals surface area contributed by atoms with E-state index in [2.05, 4.69) is 12.6 Å². The summed E-state index contributed by atoms with van der Waals surface area (Å²) in [7, 11) is 0. The van der Waals surface area contributed by atoms with E-state index in [1.165, 1.54) is 4.90 Å². The van der Waals surface area contributed by atoms with Gasteiger partial charge in [-0.2, -0.15) is 12.6 Å². The predicted molar refractivity (Wildman–Crippen MR) is 73.6 cm³/mol. The Morgan fingerprint density at radius 3 is 2.41 bits per heavy atom. The van der Waals surface area contributed by atoms with Crippen LogP contribution in [0.15, 0.2) is 30.3 Å². The van der Waals surface area contributed by atoms with Crippen LogP contribution in [0.1, 0.15) is 27.2 Å². The Hall–Kier alpha value is -1.16. The maximum atomic E-state index is 12.0. The van der Waals surface area contributed by atoms with Crippen LogP contribution in [0.5, 0.6) is 0 Å². The van der Waals surface area contributed by atoms with E-state index in [1.807, 2.05) is 51.1 Å². The van der Waals surface area contributed by atoms with Crippen molar-refractivity contribution in [3.8, 4) is 0 Å². The first kappa shape index (κ1) is 13.9. The number of thiol groups is 1. The Morgan fingerprint density at radius 2 is 1.94 bits per heavy atom. The van der Waals surface area contributed by atoms with Crippen LogP contribution in [-0.2, 0) is 4.74 Å². The monoisotopic (exact) mass is 253 g/mol. The quantitative estimate of drug-likeness (QED) is 0.655. The van der Waals surface area contributed by atoms with Gasteiger partial charge in [-0.05, 0) is 32.4 Å². The van der Waals surface area contributed by atoms with Crippen LogP contribution < -0.4 is 4.90 Å². The number of ether oxygens (including phenoxy) is 1. The van der Waals surface area contributed by atoms with Gasteiger partial charge < -0.3 is 4.74 Å². The van der Waals surface area contributed by atoms with Crippen molar-refractivity contribution in [2.45, 2.75) is 32.8 Å². The molecule has 0 unspecified atom stereocenters. The lowest BCUT2D eigenvalue weighted by Crippen LogP contribution is -2.37. The summed E-state index contributed by atoms with van der Waals surface area (Å²) >= 11 is 4.17. The number of benzene rings is 1. The maximum absolute atomic E-state index is 12.0. The topological polar surface area (TPSA) is 29.5 Å². The van der Waals surface area contributed by atoms with Crippen LogP contribution in [0, 0.1) is 0 Å². The van der Waals surface area contributed by atoms with Crippen LogP contribution >= 0.6 is 12.6 Å². The number of amides is 1. The molecule has 0 aromatic heterocycles. The Bertz CT molecular complexity index is 365. The van der Waals surface area contributed by atoms with Crippen molar-refractivity contribution in [1.82, 2.24) is 0 Å². The summed E-state index contributed by atoms with van der Waals surface area (Å²) in [6.45, 7) is 5.78. The van der Waals surface area contributed by atoms with Crippen molar-refractivity contribution in [2.75, 3.05) is 10.8 Å². The summed E-state index contributed by atoms with van der Waals surface area (Å²) in [6, 6.07) is 9.38. The fourth-order valence-electron chi connectivity index (χ4n) is 1.22. The third-order valence-corrected chi connectivity index (χ3v) is 2.93. The van der Waals surface area contributed by atoms with E-state index < -0.39 is 5.60 Å². The first-order valence-electron chi connectivity index (χ1n) is 5.66. The number of hydrogen-bond donors (Lipinski definition) is 1. The minimum Gasteiger partial charge on any atom is -0.443 e. The van der Waals surface area contributed by atoms with Gasteiger partial charge in [0, 0.05) is 5.69 Å². The second kappa shape index (κ2) is 5.96. The normalized spacial score (nSPS) is 11.1. The van der Waals surface area contributed by atoms with Crippen molar-refractivity contribution >= 4 is 24.4 Å². The molecule has 0 fully saturated rings.